The van der Waals surface area contributed by atoms with E-state index in [0.29, 0.717) is 6.04 Å². The van der Waals surface area contributed by atoms with Crippen LogP contribution in [0.1, 0.15) is 83.5 Å². The summed E-state index contributed by atoms with van der Waals surface area (Å²) in [6.45, 7) is 0. The van der Waals surface area contributed by atoms with Gasteiger partial charge in [0.2, 0.25) is 0 Å². The minimum Gasteiger partial charge on any atom is -0.328 e. The molecule has 2 fully saturated rings. The van der Waals surface area contributed by atoms with E-state index in [1.165, 1.54) is 83.5 Å². The molecule has 0 aromatic heterocycles. The van der Waals surface area contributed by atoms with E-state index < -0.39 is 0 Å². The molecule has 1 heteroatoms. The van der Waals surface area contributed by atoms with Crippen molar-refractivity contribution >= 4 is 0 Å². The maximum Gasteiger partial charge on any atom is 0.00415 e. The van der Waals surface area contributed by atoms with Gasteiger partial charge in [-0.1, -0.05) is 64.2 Å². The summed E-state index contributed by atoms with van der Waals surface area (Å²) >= 11 is 0. The Hall–Kier alpha value is -0.0400. The summed E-state index contributed by atoms with van der Waals surface area (Å²) in [6.07, 6.45) is 18.7. The van der Waals surface area contributed by atoms with Crippen molar-refractivity contribution in [2.45, 2.75) is 89.5 Å². The van der Waals surface area contributed by atoms with Crippen LogP contribution in [0.3, 0.4) is 0 Å². The highest BCUT2D eigenvalue weighted by Gasteiger charge is 2.18. The van der Waals surface area contributed by atoms with Crippen LogP contribution in [0.25, 0.3) is 0 Å². The highest BCUT2D eigenvalue weighted by molar-refractivity contribution is 4.74. The standard InChI is InChI=1S/C16H31N/c17-16(13-15-9-5-2-6-10-15)12-11-14-7-3-1-4-8-14/h14-16H,1-13,17H2. The molecular weight excluding hydrogens is 206 g/mol. The summed E-state index contributed by atoms with van der Waals surface area (Å²) in [5.74, 6) is 1.98. The average molecular weight is 237 g/mol. The van der Waals surface area contributed by atoms with Crippen LogP contribution in [0.2, 0.25) is 0 Å². The normalized spacial score (nSPS) is 25.9. The third-order valence-corrected chi connectivity index (χ3v) is 5.03. The second kappa shape index (κ2) is 7.41. The van der Waals surface area contributed by atoms with Gasteiger partial charge < -0.3 is 5.73 Å². The van der Waals surface area contributed by atoms with E-state index in [4.69, 9.17) is 5.73 Å². The summed E-state index contributed by atoms with van der Waals surface area (Å²) in [5.41, 5.74) is 6.32. The third kappa shape index (κ3) is 4.99. The Morgan fingerprint density at radius 3 is 1.88 bits per heavy atom. The number of nitrogens with two attached hydrogens (primary N) is 1. The lowest BCUT2D eigenvalue weighted by Crippen LogP contribution is -2.25. The van der Waals surface area contributed by atoms with Crippen molar-refractivity contribution in [2.24, 2.45) is 17.6 Å². The molecule has 0 aliphatic heterocycles. The number of hydrogen-bond acceptors (Lipinski definition) is 1. The fourth-order valence-electron chi connectivity index (χ4n) is 3.89. The average Bonchev–Trinajstić information content (AvgIpc) is 2.39. The molecule has 0 heterocycles. The van der Waals surface area contributed by atoms with E-state index in [2.05, 4.69) is 0 Å². The fourth-order valence-corrected chi connectivity index (χ4v) is 3.89. The van der Waals surface area contributed by atoms with E-state index in [-0.39, 0.29) is 0 Å². The van der Waals surface area contributed by atoms with Crippen LogP contribution in [-0.4, -0.2) is 6.04 Å². The molecule has 2 N–H and O–H groups in total. The van der Waals surface area contributed by atoms with Gasteiger partial charge in [-0.3, -0.25) is 0 Å². The Balaban J connectivity index is 1.57. The lowest BCUT2D eigenvalue weighted by atomic mass is 9.81. The van der Waals surface area contributed by atoms with Crippen LogP contribution in [0.4, 0.5) is 0 Å². The zero-order valence-corrected chi connectivity index (χ0v) is 11.5. The minimum atomic E-state index is 0.500. The smallest absolute Gasteiger partial charge is 0.00415 e. The van der Waals surface area contributed by atoms with Crippen molar-refractivity contribution < 1.29 is 0 Å². The SMILES string of the molecule is NC(CCC1CCCCC1)CC1CCCCC1. The van der Waals surface area contributed by atoms with Crippen molar-refractivity contribution in [1.29, 1.82) is 0 Å². The van der Waals surface area contributed by atoms with Gasteiger partial charge >= 0.3 is 0 Å². The Morgan fingerprint density at radius 1 is 0.765 bits per heavy atom. The Labute approximate surface area is 108 Å². The highest BCUT2D eigenvalue weighted by Crippen LogP contribution is 2.30. The summed E-state index contributed by atoms with van der Waals surface area (Å²) in [5, 5.41) is 0. The second-order valence-corrected chi connectivity index (χ2v) is 6.58. The lowest BCUT2D eigenvalue weighted by molar-refractivity contribution is 0.285. The predicted octanol–water partition coefficient (Wildman–Crippen LogP) is 4.64. The molecule has 0 aromatic rings. The Bertz CT molecular complexity index is 190. The van der Waals surface area contributed by atoms with Crippen LogP contribution >= 0.6 is 0 Å². The molecular formula is C16H31N. The second-order valence-electron chi connectivity index (χ2n) is 6.58. The van der Waals surface area contributed by atoms with Crippen LogP contribution in [0.5, 0.6) is 0 Å². The van der Waals surface area contributed by atoms with Crippen LogP contribution in [-0.2, 0) is 0 Å². The molecule has 0 aromatic carbocycles. The van der Waals surface area contributed by atoms with Gasteiger partial charge in [-0.05, 0) is 31.1 Å². The van der Waals surface area contributed by atoms with Crippen molar-refractivity contribution in [2.75, 3.05) is 0 Å². The van der Waals surface area contributed by atoms with Crippen LogP contribution in [0.15, 0.2) is 0 Å². The lowest BCUT2D eigenvalue weighted by Gasteiger charge is -2.26. The van der Waals surface area contributed by atoms with Gasteiger partial charge in [0.25, 0.3) is 0 Å². The molecule has 1 unspecified atom stereocenters. The van der Waals surface area contributed by atoms with E-state index in [1.54, 1.807) is 0 Å². The molecule has 2 aliphatic carbocycles. The molecule has 0 spiro atoms. The monoisotopic (exact) mass is 237 g/mol. The Morgan fingerprint density at radius 2 is 1.29 bits per heavy atom. The topological polar surface area (TPSA) is 26.0 Å². The number of rotatable bonds is 5. The maximum absolute atomic E-state index is 6.32. The Kier molecular flexibility index (Phi) is 5.84. The summed E-state index contributed by atoms with van der Waals surface area (Å²) in [4.78, 5) is 0. The molecule has 1 atom stereocenters. The largest absolute Gasteiger partial charge is 0.328 e. The first kappa shape index (κ1) is 13.4. The van der Waals surface area contributed by atoms with Crippen molar-refractivity contribution in [3.63, 3.8) is 0 Å². The van der Waals surface area contributed by atoms with Crippen LogP contribution < -0.4 is 5.73 Å². The first-order chi connectivity index (χ1) is 8.34. The zero-order chi connectivity index (χ0) is 11.9. The van der Waals surface area contributed by atoms with Crippen molar-refractivity contribution in [3.8, 4) is 0 Å². The van der Waals surface area contributed by atoms with Gasteiger partial charge in [0, 0.05) is 6.04 Å². The van der Waals surface area contributed by atoms with Gasteiger partial charge in [0.15, 0.2) is 0 Å². The third-order valence-electron chi connectivity index (χ3n) is 5.03. The summed E-state index contributed by atoms with van der Waals surface area (Å²) < 4.78 is 0. The molecule has 2 rings (SSSR count). The molecule has 1 nitrogen and oxygen atoms in total. The zero-order valence-electron chi connectivity index (χ0n) is 11.5. The van der Waals surface area contributed by atoms with Gasteiger partial charge in [0.05, 0.1) is 0 Å². The van der Waals surface area contributed by atoms with Gasteiger partial charge in [0.1, 0.15) is 0 Å². The first-order valence-electron chi connectivity index (χ1n) is 8.10. The minimum absolute atomic E-state index is 0.500. The van der Waals surface area contributed by atoms with Gasteiger partial charge in [-0.2, -0.15) is 0 Å². The number of hydrogen-bond donors (Lipinski definition) is 1. The molecule has 2 saturated carbocycles. The summed E-state index contributed by atoms with van der Waals surface area (Å²) in [7, 11) is 0. The first-order valence-corrected chi connectivity index (χ1v) is 8.10. The van der Waals surface area contributed by atoms with E-state index in [0.717, 1.165) is 11.8 Å². The van der Waals surface area contributed by atoms with E-state index in [9.17, 15) is 0 Å². The molecule has 2 aliphatic rings. The highest BCUT2D eigenvalue weighted by atomic mass is 14.6. The molecule has 0 bridgehead atoms. The van der Waals surface area contributed by atoms with Gasteiger partial charge in [-0.25, -0.2) is 0 Å². The van der Waals surface area contributed by atoms with E-state index in [1.807, 2.05) is 0 Å². The molecule has 17 heavy (non-hydrogen) atoms. The molecule has 0 amide bonds. The predicted molar refractivity (Wildman–Crippen MR) is 75.0 cm³/mol. The quantitative estimate of drug-likeness (QED) is 0.740. The van der Waals surface area contributed by atoms with Gasteiger partial charge in [-0.15, -0.1) is 0 Å². The summed E-state index contributed by atoms with van der Waals surface area (Å²) in [6, 6.07) is 0.500. The molecule has 100 valence electrons. The molecule has 0 radical (unpaired) electrons. The van der Waals surface area contributed by atoms with Crippen molar-refractivity contribution in [1.82, 2.24) is 0 Å². The fraction of sp³-hybridized carbons (Fsp3) is 1.00. The molecule has 0 saturated heterocycles. The van der Waals surface area contributed by atoms with Crippen LogP contribution in [0, 0.1) is 11.8 Å². The van der Waals surface area contributed by atoms with E-state index >= 15 is 0 Å². The van der Waals surface area contributed by atoms with Crippen molar-refractivity contribution in [3.05, 3.63) is 0 Å². The maximum atomic E-state index is 6.32.